The minimum atomic E-state index is -0.864. The maximum atomic E-state index is 14.0. The smallest absolute Gasteiger partial charge is 0.168 e. The molecule has 0 aliphatic carbocycles. The van der Waals surface area contributed by atoms with Crippen LogP contribution in [0.3, 0.4) is 0 Å². The van der Waals surface area contributed by atoms with Crippen LogP contribution in [0.5, 0.6) is 0 Å². The van der Waals surface area contributed by atoms with Crippen LogP contribution >= 0.6 is 0 Å². The highest BCUT2D eigenvalue weighted by molar-refractivity contribution is 5.66. The summed E-state index contributed by atoms with van der Waals surface area (Å²) in [4.78, 5) is 8.48. The van der Waals surface area contributed by atoms with Crippen molar-refractivity contribution in [3.8, 4) is 22.4 Å². The van der Waals surface area contributed by atoms with E-state index in [-0.39, 0.29) is 11.1 Å². The highest BCUT2D eigenvalue weighted by atomic mass is 19.2. The first-order chi connectivity index (χ1) is 10.6. The molecule has 0 bridgehead atoms. The minimum absolute atomic E-state index is 0.164. The van der Waals surface area contributed by atoms with Gasteiger partial charge in [0.25, 0.3) is 0 Å². The van der Waals surface area contributed by atoms with Gasteiger partial charge in [0.05, 0.1) is 5.69 Å². The van der Waals surface area contributed by atoms with Crippen molar-refractivity contribution in [2.75, 3.05) is 0 Å². The molecule has 0 fully saturated rings. The number of hydrogen-bond donors (Lipinski definition) is 0. The lowest BCUT2D eigenvalue weighted by Crippen LogP contribution is -1.95. The molecule has 0 aliphatic rings. The molecular formula is C18H14F2N2. The minimum Gasteiger partial charge on any atom is -0.261 e. The van der Waals surface area contributed by atoms with Crippen LogP contribution in [0.4, 0.5) is 8.78 Å². The lowest BCUT2D eigenvalue weighted by molar-refractivity contribution is 0.505. The number of halogens is 2. The molecule has 0 spiro atoms. The fourth-order valence-electron chi connectivity index (χ4n) is 2.21. The van der Waals surface area contributed by atoms with Gasteiger partial charge < -0.3 is 0 Å². The second-order valence-electron chi connectivity index (χ2n) is 5.18. The van der Waals surface area contributed by atoms with Crippen molar-refractivity contribution >= 4 is 0 Å². The van der Waals surface area contributed by atoms with Gasteiger partial charge in [0, 0.05) is 34.8 Å². The zero-order valence-electron chi connectivity index (χ0n) is 12.3. The number of nitrogens with zero attached hydrogens (tertiary/aromatic N) is 2. The van der Waals surface area contributed by atoms with E-state index in [1.54, 1.807) is 30.6 Å². The van der Waals surface area contributed by atoms with E-state index in [0.29, 0.717) is 5.69 Å². The maximum Gasteiger partial charge on any atom is 0.168 e. The van der Waals surface area contributed by atoms with Crippen molar-refractivity contribution in [3.05, 3.63) is 71.7 Å². The van der Waals surface area contributed by atoms with Crippen molar-refractivity contribution < 1.29 is 8.78 Å². The lowest BCUT2D eigenvalue weighted by atomic mass is 10.1. The van der Waals surface area contributed by atoms with Gasteiger partial charge in [-0.25, -0.2) is 8.78 Å². The molecule has 22 heavy (non-hydrogen) atoms. The summed E-state index contributed by atoms with van der Waals surface area (Å²) in [6.07, 6.45) is 3.40. The summed E-state index contributed by atoms with van der Waals surface area (Å²) < 4.78 is 27.6. The third-order valence-electron chi connectivity index (χ3n) is 3.56. The summed E-state index contributed by atoms with van der Waals surface area (Å²) in [5.41, 5.74) is 3.59. The summed E-state index contributed by atoms with van der Waals surface area (Å²) in [5, 5.41) is 0. The molecule has 0 atom stereocenters. The normalized spacial score (nSPS) is 10.7. The highest BCUT2D eigenvalue weighted by Crippen LogP contribution is 2.26. The van der Waals surface area contributed by atoms with Gasteiger partial charge in [-0.15, -0.1) is 0 Å². The third-order valence-corrected chi connectivity index (χ3v) is 3.56. The van der Waals surface area contributed by atoms with Crippen LogP contribution in [0.15, 0.2) is 48.8 Å². The third kappa shape index (κ3) is 2.60. The summed E-state index contributed by atoms with van der Waals surface area (Å²) in [6, 6.07) is 10.5. The molecule has 2 aromatic heterocycles. The molecular weight excluding hydrogens is 282 g/mol. The molecule has 0 radical (unpaired) electrons. The van der Waals surface area contributed by atoms with Gasteiger partial charge in [0.15, 0.2) is 11.6 Å². The van der Waals surface area contributed by atoms with Crippen molar-refractivity contribution in [3.63, 3.8) is 0 Å². The molecule has 4 heteroatoms. The first-order valence-electron chi connectivity index (χ1n) is 6.90. The van der Waals surface area contributed by atoms with Crippen LogP contribution in [0, 0.1) is 25.5 Å². The molecule has 110 valence electrons. The molecule has 0 saturated heterocycles. The van der Waals surface area contributed by atoms with E-state index in [1.807, 2.05) is 25.1 Å². The molecule has 0 saturated carbocycles. The zero-order valence-corrected chi connectivity index (χ0v) is 12.3. The average Bonchev–Trinajstić information content (AvgIpc) is 2.54. The number of benzene rings is 1. The van der Waals surface area contributed by atoms with Crippen molar-refractivity contribution in [1.29, 1.82) is 0 Å². The topological polar surface area (TPSA) is 25.8 Å². The standard InChI is InChI=1S/C18H14F2N2/c1-11-3-7-15(18(20)17(11)19)16-8-6-14(10-22-16)13-5-4-12(2)21-9-13/h3-10H,1-2H3. The van der Waals surface area contributed by atoms with Gasteiger partial charge in [-0.2, -0.15) is 0 Å². The molecule has 0 amide bonds. The molecule has 3 aromatic rings. The van der Waals surface area contributed by atoms with Crippen molar-refractivity contribution in [2.45, 2.75) is 13.8 Å². The van der Waals surface area contributed by atoms with Crippen LogP contribution in [-0.4, -0.2) is 9.97 Å². The van der Waals surface area contributed by atoms with E-state index >= 15 is 0 Å². The van der Waals surface area contributed by atoms with Crippen LogP contribution in [-0.2, 0) is 0 Å². The Hall–Kier alpha value is -2.62. The van der Waals surface area contributed by atoms with E-state index in [2.05, 4.69) is 9.97 Å². The van der Waals surface area contributed by atoms with Crippen molar-refractivity contribution in [2.24, 2.45) is 0 Å². The van der Waals surface area contributed by atoms with E-state index in [0.717, 1.165) is 16.8 Å². The highest BCUT2D eigenvalue weighted by Gasteiger charge is 2.13. The summed E-state index contributed by atoms with van der Waals surface area (Å²) in [5.74, 6) is -1.69. The maximum absolute atomic E-state index is 14.0. The van der Waals surface area contributed by atoms with Gasteiger partial charge >= 0.3 is 0 Å². The first kappa shape index (κ1) is 14.3. The van der Waals surface area contributed by atoms with Gasteiger partial charge in [-0.1, -0.05) is 18.2 Å². The van der Waals surface area contributed by atoms with Crippen LogP contribution in [0.2, 0.25) is 0 Å². The Balaban J connectivity index is 1.98. The molecule has 0 unspecified atom stereocenters. The number of pyridine rings is 2. The molecule has 2 nitrogen and oxygen atoms in total. The Morgan fingerprint density at radius 3 is 2.00 bits per heavy atom. The number of rotatable bonds is 2. The van der Waals surface area contributed by atoms with Crippen LogP contribution in [0.1, 0.15) is 11.3 Å². The predicted octanol–water partition coefficient (Wildman–Crippen LogP) is 4.71. The molecule has 1 aromatic carbocycles. The number of aryl methyl sites for hydroxylation is 2. The number of aromatic nitrogens is 2. The van der Waals surface area contributed by atoms with Crippen LogP contribution < -0.4 is 0 Å². The van der Waals surface area contributed by atoms with Crippen LogP contribution in [0.25, 0.3) is 22.4 Å². The van der Waals surface area contributed by atoms with Gasteiger partial charge in [-0.3, -0.25) is 9.97 Å². The fourth-order valence-corrected chi connectivity index (χ4v) is 2.21. The average molecular weight is 296 g/mol. The molecule has 0 aliphatic heterocycles. The van der Waals surface area contributed by atoms with Gasteiger partial charge in [0.2, 0.25) is 0 Å². The first-order valence-corrected chi connectivity index (χ1v) is 6.90. The Bertz CT molecular complexity index is 810. The van der Waals surface area contributed by atoms with E-state index in [9.17, 15) is 8.78 Å². The monoisotopic (exact) mass is 296 g/mol. The van der Waals surface area contributed by atoms with Crippen molar-refractivity contribution in [1.82, 2.24) is 9.97 Å². The molecule has 0 N–H and O–H groups in total. The molecule has 3 rings (SSSR count). The second kappa shape index (κ2) is 5.64. The zero-order chi connectivity index (χ0) is 15.7. The fraction of sp³-hybridized carbons (Fsp3) is 0.111. The van der Waals surface area contributed by atoms with Gasteiger partial charge in [-0.05, 0) is 37.6 Å². The van der Waals surface area contributed by atoms with E-state index in [1.165, 1.54) is 6.92 Å². The Labute approximate surface area is 127 Å². The summed E-state index contributed by atoms with van der Waals surface area (Å²) >= 11 is 0. The largest absolute Gasteiger partial charge is 0.261 e. The Morgan fingerprint density at radius 2 is 1.41 bits per heavy atom. The quantitative estimate of drug-likeness (QED) is 0.684. The summed E-state index contributed by atoms with van der Waals surface area (Å²) in [6.45, 7) is 3.45. The predicted molar refractivity (Wildman–Crippen MR) is 82.3 cm³/mol. The Morgan fingerprint density at radius 1 is 0.727 bits per heavy atom. The lowest BCUT2D eigenvalue weighted by Gasteiger charge is -2.07. The number of hydrogen-bond acceptors (Lipinski definition) is 2. The summed E-state index contributed by atoms with van der Waals surface area (Å²) in [7, 11) is 0. The van der Waals surface area contributed by atoms with Gasteiger partial charge in [0.1, 0.15) is 0 Å². The Kier molecular flexibility index (Phi) is 3.67. The second-order valence-corrected chi connectivity index (χ2v) is 5.18. The van der Waals surface area contributed by atoms with E-state index < -0.39 is 11.6 Å². The van der Waals surface area contributed by atoms with E-state index in [4.69, 9.17) is 0 Å². The molecule has 2 heterocycles. The SMILES string of the molecule is Cc1ccc(-c2ccc(-c3ccc(C)c(F)c3F)nc2)cn1.